The van der Waals surface area contributed by atoms with Gasteiger partial charge in [0.2, 0.25) is 0 Å². The molecule has 0 spiro atoms. The van der Waals surface area contributed by atoms with Gasteiger partial charge in [-0.2, -0.15) is 0 Å². The van der Waals surface area contributed by atoms with Gasteiger partial charge in [0, 0.05) is 0 Å². The maximum Gasteiger partial charge on any atom is 0.142 e. The average molecular weight is 174 g/mol. The molecule has 0 N–H and O–H groups in total. The third-order valence-corrected chi connectivity index (χ3v) is 2.32. The summed E-state index contributed by atoms with van der Waals surface area (Å²) in [4.78, 5) is 10.1. The molecule has 0 aliphatic carbocycles. The van der Waals surface area contributed by atoms with E-state index < -0.39 is 0 Å². The summed E-state index contributed by atoms with van der Waals surface area (Å²) in [6.07, 6.45) is 4.14. The first-order valence-electron chi connectivity index (χ1n) is 4.35. The molecule has 0 unspecified atom stereocenters. The molecule has 1 rings (SSSR count). The van der Waals surface area contributed by atoms with E-state index in [1.165, 1.54) is 22.8 Å². The number of hydrogen-bond acceptors (Lipinski definition) is 1. The Balaban J connectivity index is 3.12. The van der Waals surface area contributed by atoms with E-state index in [2.05, 4.69) is 32.9 Å². The van der Waals surface area contributed by atoms with Gasteiger partial charge >= 0.3 is 0 Å². The zero-order chi connectivity index (χ0) is 9.84. The fraction of sp³-hybridized carbons (Fsp3) is 0.250. The van der Waals surface area contributed by atoms with E-state index in [9.17, 15) is 4.79 Å². The average Bonchev–Trinajstić information content (AvgIpc) is 2.10. The van der Waals surface area contributed by atoms with Crippen LogP contribution in [0.1, 0.15) is 22.3 Å². The van der Waals surface area contributed by atoms with Crippen molar-refractivity contribution in [3.63, 3.8) is 0 Å². The van der Waals surface area contributed by atoms with Crippen LogP contribution in [0, 0.1) is 20.8 Å². The molecule has 0 saturated carbocycles. The van der Waals surface area contributed by atoms with E-state index >= 15 is 0 Å². The molecular formula is C12H14O. The highest BCUT2D eigenvalue weighted by molar-refractivity contribution is 5.74. The second-order valence-corrected chi connectivity index (χ2v) is 3.27. The van der Waals surface area contributed by atoms with E-state index in [0.29, 0.717) is 0 Å². The van der Waals surface area contributed by atoms with Crippen molar-refractivity contribution in [2.24, 2.45) is 0 Å². The van der Waals surface area contributed by atoms with Gasteiger partial charge in [-0.3, -0.25) is 4.79 Å². The number of benzene rings is 1. The molecule has 13 heavy (non-hydrogen) atoms. The molecule has 1 nitrogen and oxygen atoms in total. The van der Waals surface area contributed by atoms with Gasteiger partial charge in [-0.15, -0.1) is 0 Å². The molecule has 0 aromatic heterocycles. The fourth-order valence-electron chi connectivity index (χ4n) is 1.32. The highest BCUT2D eigenvalue weighted by Gasteiger charge is 1.97. The van der Waals surface area contributed by atoms with Crippen molar-refractivity contribution in [2.45, 2.75) is 20.8 Å². The molecule has 0 atom stereocenters. The first kappa shape index (κ1) is 9.72. The van der Waals surface area contributed by atoms with E-state index in [4.69, 9.17) is 0 Å². The first-order valence-corrected chi connectivity index (χ1v) is 4.35. The van der Waals surface area contributed by atoms with Crippen molar-refractivity contribution in [3.05, 3.63) is 40.5 Å². The normalized spacial score (nSPS) is 10.7. The predicted molar refractivity (Wildman–Crippen MR) is 55.8 cm³/mol. The topological polar surface area (TPSA) is 17.1 Å². The lowest BCUT2D eigenvalue weighted by Gasteiger charge is -2.05. The Hall–Kier alpha value is -1.37. The van der Waals surface area contributed by atoms with Crippen molar-refractivity contribution < 1.29 is 4.79 Å². The number of rotatable bonds is 2. The Bertz CT molecular complexity index is 325. The van der Waals surface area contributed by atoms with E-state index in [-0.39, 0.29) is 0 Å². The molecule has 0 amide bonds. The lowest BCUT2D eigenvalue weighted by Crippen LogP contribution is -1.87. The highest BCUT2D eigenvalue weighted by atomic mass is 16.1. The van der Waals surface area contributed by atoms with Crippen LogP contribution in [0.4, 0.5) is 0 Å². The molecule has 1 heteroatoms. The molecule has 68 valence electrons. The molecule has 1 aromatic rings. The third-order valence-electron chi connectivity index (χ3n) is 2.32. The van der Waals surface area contributed by atoms with Crippen LogP contribution in [-0.2, 0) is 4.79 Å². The summed E-state index contributed by atoms with van der Waals surface area (Å²) in [6, 6.07) is 4.17. The van der Waals surface area contributed by atoms with Crippen LogP contribution in [0.15, 0.2) is 18.2 Å². The second kappa shape index (κ2) is 4.04. The molecule has 0 heterocycles. The van der Waals surface area contributed by atoms with Crippen molar-refractivity contribution in [1.82, 2.24) is 0 Å². The standard InChI is InChI=1S/C12H14O/c1-9-7-12(5-4-6-13)8-10(2)11(9)3/h4-8H,1-3H3/b5-4+. The van der Waals surface area contributed by atoms with Crippen molar-refractivity contribution >= 4 is 12.4 Å². The minimum Gasteiger partial charge on any atom is -0.299 e. The van der Waals surface area contributed by atoms with Crippen LogP contribution in [0.3, 0.4) is 0 Å². The molecule has 0 aliphatic rings. The fourth-order valence-corrected chi connectivity index (χ4v) is 1.32. The minimum absolute atomic E-state index is 0.796. The van der Waals surface area contributed by atoms with Gasteiger partial charge in [0.15, 0.2) is 0 Å². The smallest absolute Gasteiger partial charge is 0.142 e. The van der Waals surface area contributed by atoms with Crippen LogP contribution in [0.25, 0.3) is 6.08 Å². The van der Waals surface area contributed by atoms with Gasteiger partial charge in [-0.1, -0.05) is 18.2 Å². The summed E-state index contributed by atoms with van der Waals surface area (Å²) in [7, 11) is 0. The van der Waals surface area contributed by atoms with Gasteiger partial charge in [0.25, 0.3) is 0 Å². The largest absolute Gasteiger partial charge is 0.299 e. The molecule has 0 aliphatic heterocycles. The zero-order valence-electron chi connectivity index (χ0n) is 8.29. The van der Waals surface area contributed by atoms with Gasteiger partial charge in [0.1, 0.15) is 6.29 Å². The lowest BCUT2D eigenvalue weighted by molar-refractivity contribution is -0.104. The Labute approximate surface area is 79.1 Å². The SMILES string of the molecule is Cc1cc(/C=C/C=O)cc(C)c1C. The van der Waals surface area contributed by atoms with Crippen LogP contribution < -0.4 is 0 Å². The Morgan fingerprint density at radius 2 is 1.62 bits per heavy atom. The maximum absolute atomic E-state index is 10.1. The Morgan fingerprint density at radius 3 is 2.08 bits per heavy atom. The van der Waals surface area contributed by atoms with Crippen LogP contribution in [-0.4, -0.2) is 6.29 Å². The number of carbonyl (C=O) groups is 1. The summed E-state index contributed by atoms with van der Waals surface area (Å²) in [5, 5.41) is 0. The summed E-state index contributed by atoms with van der Waals surface area (Å²) in [5.41, 5.74) is 4.95. The van der Waals surface area contributed by atoms with Crippen LogP contribution >= 0.6 is 0 Å². The van der Waals surface area contributed by atoms with Gasteiger partial charge in [-0.05, 0) is 49.1 Å². The van der Waals surface area contributed by atoms with E-state index in [1.54, 1.807) is 0 Å². The van der Waals surface area contributed by atoms with E-state index in [1.807, 2.05) is 6.08 Å². The summed E-state index contributed by atoms with van der Waals surface area (Å²) in [6.45, 7) is 6.28. The molecular weight excluding hydrogens is 160 g/mol. The monoisotopic (exact) mass is 174 g/mol. The third kappa shape index (κ3) is 2.28. The first-order chi connectivity index (χ1) is 6.15. The quantitative estimate of drug-likeness (QED) is 0.497. The second-order valence-electron chi connectivity index (χ2n) is 3.27. The molecule has 0 radical (unpaired) electrons. The molecule has 0 bridgehead atoms. The van der Waals surface area contributed by atoms with Crippen molar-refractivity contribution in [3.8, 4) is 0 Å². The Kier molecular flexibility index (Phi) is 3.02. The number of aldehydes is 1. The molecule has 0 fully saturated rings. The maximum atomic E-state index is 10.1. The Morgan fingerprint density at radius 1 is 1.08 bits per heavy atom. The number of hydrogen-bond donors (Lipinski definition) is 0. The number of carbonyl (C=O) groups excluding carboxylic acids is 1. The lowest BCUT2D eigenvalue weighted by atomic mass is 10.0. The van der Waals surface area contributed by atoms with Gasteiger partial charge in [-0.25, -0.2) is 0 Å². The summed E-state index contributed by atoms with van der Waals surface area (Å²) >= 11 is 0. The number of aryl methyl sites for hydroxylation is 2. The van der Waals surface area contributed by atoms with Crippen LogP contribution in [0.5, 0.6) is 0 Å². The number of allylic oxidation sites excluding steroid dienone is 1. The van der Waals surface area contributed by atoms with Gasteiger partial charge < -0.3 is 0 Å². The van der Waals surface area contributed by atoms with E-state index in [0.717, 1.165) is 11.8 Å². The van der Waals surface area contributed by atoms with Crippen LogP contribution in [0.2, 0.25) is 0 Å². The van der Waals surface area contributed by atoms with Gasteiger partial charge in [0.05, 0.1) is 0 Å². The zero-order valence-corrected chi connectivity index (χ0v) is 8.29. The molecule has 1 aromatic carbocycles. The van der Waals surface area contributed by atoms with Crippen molar-refractivity contribution in [2.75, 3.05) is 0 Å². The predicted octanol–water partition coefficient (Wildman–Crippen LogP) is 2.82. The minimum atomic E-state index is 0.796. The highest BCUT2D eigenvalue weighted by Crippen LogP contribution is 2.16. The van der Waals surface area contributed by atoms with Crippen molar-refractivity contribution in [1.29, 1.82) is 0 Å². The summed E-state index contributed by atoms with van der Waals surface area (Å²) < 4.78 is 0. The summed E-state index contributed by atoms with van der Waals surface area (Å²) in [5.74, 6) is 0. The molecule has 0 saturated heterocycles.